The quantitative estimate of drug-likeness (QED) is 0.703. The fraction of sp³-hybridized carbons (Fsp3) is 0.571. The monoisotopic (exact) mass is 412 g/mol. The molecule has 0 aromatic heterocycles. The van der Waals surface area contributed by atoms with Crippen LogP contribution in [0.2, 0.25) is 0 Å². The number of amides is 2. The first-order valence-corrected chi connectivity index (χ1v) is 9.69. The molecule has 1 heterocycles. The smallest absolute Gasteiger partial charge is 0.222 e. The van der Waals surface area contributed by atoms with E-state index in [9.17, 15) is 23.2 Å². The summed E-state index contributed by atoms with van der Waals surface area (Å²) < 4.78 is 26.6. The van der Waals surface area contributed by atoms with Gasteiger partial charge in [0, 0.05) is 39.1 Å². The summed E-state index contributed by atoms with van der Waals surface area (Å²) in [7, 11) is 1.00. The van der Waals surface area contributed by atoms with E-state index in [0.29, 0.717) is 24.4 Å². The van der Waals surface area contributed by atoms with E-state index in [4.69, 9.17) is 5.11 Å². The Balaban J connectivity index is 0.000000284. The van der Waals surface area contributed by atoms with Crippen molar-refractivity contribution < 1.29 is 28.3 Å². The minimum atomic E-state index is -0.846. The minimum absolute atomic E-state index is 0.0151. The Morgan fingerprint density at radius 2 is 2.00 bits per heavy atom. The number of halogens is 2. The molecule has 6 nitrogen and oxygen atoms in total. The Bertz CT molecular complexity index is 708. The van der Waals surface area contributed by atoms with Crippen molar-refractivity contribution in [3.8, 4) is 0 Å². The second kappa shape index (κ2) is 12.3. The Morgan fingerprint density at radius 1 is 1.34 bits per heavy atom. The SMILES string of the molecule is CC(=O)NC(C=O)CC1CC1.CO.Cc1cc(F)c(F)c(CN2CCCC2=O)c1. The number of likely N-dealkylation sites (tertiary alicyclic amines) is 1. The first-order chi connectivity index (χ1) is 13.8. The van der Waals surface area contributed by atoms with Gasteiger partial charge in [0.15, 0.2) is 11.6 Å². The van der Waals surface area contributed by atoms with Gasteiger partial charge in [-0.3, -0.25) is 9.59 Å². The molecule has 1 unspecified atom stereocenters. The van der Waals surface area contributed by atoms with Crippen LogP contribution in [0.4, 0.5) is 8.78 Å². The van der Waals surface area contributed by atoms with Crippen LogP contribution in [0, 0.1) is 24.5 Å². The van der Waals surface area contributed by atoms with E-state index in [0.717, 1.165) is 32.3 Å². The summed E-state index contributed by atoms with van der Waals surface area (Å²) >= 11 is 0. The predicted octanol–water partition coefficient (Wildman–Crippen LogP) is 2.49. The van der Waals surface area contributed by atoms with Crippen molar-refractivity contribution in [2.24, 2.45) is 5.92 Å². The lowest BCUT2D eigenvalue weighted by molar-refractivity contribution is -0.128. The van der Waals surface area contributed by atoms with Crippen LogP contribution >= 0.6 is 0 Å². The summed E-state index contributed by atoms with van der Waals surface area (Å²) in [6.45, 7) is 3.94. The number of hydrogen-bond acceptors (Lipinski definition) is 4. The largest absolute Gasteiger partial charge is 0.400 e. The van der Waals surface area contributed by atoms with Crippen LogP contribution < -0.4 is 5.32 Å². The molecule has 2 N–H and O–H groups in total. The maximum absolute atomic E-state index is 13.4. The maximum atomic E-state index is 13.4. The summed E-state index contributed by atoms with van der Waals surface area (Å²) in [4.78, 5) is 33.9. The molecular formula is C21H30F2N2O4. The molecule has 1 aromatic rings. The highest BCUT2D eigenvalue weighted by atomic mass is 19.2. The Labute approximate surface area is 170 Å². The van der Waals surface area contributed by atoms with Crippen LogP contribution in [-0.4, -0.2) is 47.8 Å². The van der Waals surface area contributed by atoms with Gasteiger partial charge in [0.25, 0.3) is 0 Å². The van der Waals surface area contributed by atoms with Crippen LogP contribution in [0.15, 0.2) is 12.1 Å². The zero-order chi connectivity index (χ0) is 22.0. The van der Waals surface area contributed by atoms with E-state index < -0.39 is 11.6 Å². The number of aliphatic hydroxyl groups is 1. The number of aldehydes is 1. The van der Waals surface area contributed by atoms with E-state index in [1.54, 1.807) is 17.9 Å². The van der Waals surface area contributed by atoms with Crippen molar-refractivity contribution in [2.75, 3.05) is 13.7 Å². The van der Waals surface area contributed by atoms with Gasteiger partial charge in [-0.25, -0.2) is 8.78 Å². The van der Waals surface area contributed by atoms with Crippen LogP contribution in [0.1, 0.15) is 50.2 Å². The van der Waals surface area contributed by atoms with Crippen LogP contribution in [0.3, 0.4) is 0 Å². The molecule has 8 heteroatoms. The number of benzene rings is 1. The summed E-state index contributed by atoms with van der Waals surface area (Å²) in [5, 5.41) is 9.59. The van der Waals surface area contributed by atoms with Crippen molar-refractivity contribution in [1.82, 2.24) is 10.2 Å². The normalized spacial score (nSPS) is 16.2. The maximum Gasteiger partial charge on any atom is 0.222 e. The molecule has 3 rings (SSSR count). The molecule has 1 saturated heterocycles. The fourth-order valence-electron chi connectivity index (χ4n) is 3.11. The Hall–Kier alpha value is -2.35. The molecule has 1 aliphatic carbocycles. The highest BCUT2D eigenvalue weighted by Crippen LogP contribution is 2.33. The molecule has 1 aromatic carbocycles. The summed E-state index contributed by atoms with van der Waals surface area (Å²) in [6.07, 6.45) is 5.38. The van der Waals surface area contributed by atoms with E-state index in [1.807, 2.05) is 0 Å². The topological polar surface area (TPSA) is 86.7 Å². The van der Waals surface area contributed by atoms with Gasteiger partial charge in [-0.2, -0.15) is 0 Å². The molecule has 29 heavy (non-hydrogen) atoms. The molecule has 0 spiro atoms. The second-order valence-corrected chi connectivity index (χ2v) is 7.26. The van der Waals surface area contributed by atoms with Gasteiger partial charge in [-0.1, -0.05) is 18.9 Å². The third kappa shape index (κ3) is 8.68. The van der Waals surface area contributed by atoms with Crippen molar-refractivity contribution in [1.29, 1.82) is 0 Å². The first-order valence-electron chi connectivity index (χ1n) is 9.69. The summed E-state index contributed by atoms with van der Waals surface area (Å²) in [5.41, 5.74) is 0.924. The van der Waals surface area contributed by atoms with Gasteiger partial charge >= 0.3 is 0 Å². The van der Waals surface area contributed by atoms with Crippen LogP contribution in [0.25, 0.3) is 0 Å². The molecule has 0 bridgehead atoms. The highest BCUT2D eigenvalue weighted by molar-refractivity contribution is 5.78. The van der Waals surface area contributed by atoms with Gasteiger partial charge < -0.3 is 20.1 Å². The third-order valence-corrected chi connectivity index (χ3v) is 4.62. The number of carbonyl (C=O) groups is 3. The summed E-state index contributed by atoms with van der Waals surface area (Å²) in [6, 6.07) is 2.49. The lowest BCUT2D eigenvalue weighted by Gasteiger charge is -2.16. The fourth-order valence-corrected chi connectivity index (χ4v) is 3.11. The minimum Gasteiger partial charge on any atom is -0.400 e. The third-order valence-electron chi connectivity index (χ3n) is 4.62. The van der Waals surface area contributed by atoms with E-state index in [1.165, 1.54) is 19.8 Å². The zero-order valence-electron chi connectivity index (χ0n) is 17.2. The molecule has 1 aliphatic heterocycles. The van der Waals surface area contributed by atoms with Crippen molar-refractivity contribution in [3.05, 3.63) is 34.9 Å². The molecule has 162 valence electrons. The van der Waals surface area contributed by atoms with Gasteiger partial charge in [0.2, 0.25) is 11.8 Å². The first kappa shape index (κ1) is 24.7. The Morgan fingerprint density at radius 3 is 2.48 bits per heavy atom. The second-order valence-electron chi connectivity index (χ2n) is 7.26. The average molecular weight is 412 g/mol. The average Bonchev–Trinajstić information content (AvgIpc) is 3.41. The predicted molar refractivity (Wildman–Crippen MR) is 105 cm³/mol. The number of nitrogens with one attached hydrogen (secondary N) is 1. The number of hydrogen-bond donors (Lipinski definition) is 2. The number of rotatable bonds is 6. The number of aryl methyl sites for hydroxylation is 1. The Kier molecular flexibility index (Phi) is 10.4. The van der Waals surface area contributed by atoms with Crippen LogP contribution in [-0.2, 0) is 20.9 Å². The van der Waals surface area contributed by atoms with Gasteiger partial charge in [-0.05, 0) is 37.3 Å². The highest BCUT2D eigenvalue weighted by Gasteiger charge is 2.25. The van der Waals surface area contributed by atoms with Crippen molar-refractivity contribution >= 4 is 18.1 Å². The van der Waals surface area contributed by atoms with E-state index in [-0.39, 0.29) is 30.0 Å². The van der Waals surface area contributed by atoms with Gasteiger partial charge in [-0.15, -0.1) is 0 Å². The molecule has 2 amide bonds. The standard InChI is InChI=1S/C12H13F2NO.C8H13NO2.CH4O/c1-8-5-9(12(14)10(13)6-8)7-15-4-2-3-11(15)16;1-6(11)9-8(5-10)4-7-2-3-7;1-2/h5-6H,2-4,7H2,1H3;5,7-8H,2-4H2,1H3,(H,9,11);2H,1H3. The lowest BCUT2D eigenvalue weighted by Crippen LogP contribution is -2.34. The molecular weight excluding hydrogens is 382 g/mol. The van der Waals surface area contributed by atoms with Gasteiger partial charge in [0.05, 0.1) is 6.04 Å². The molecule has 0 radical (unpaired) electrons. The van der Waals surface area contributed by atoms with Crippen molar-refractivity contribution in [3.63, 3.8) is 0 Å². The molecule has 1 atom stereocenters. The van der Waals surface area contributed by atoms with Gasteiger partial charge in [0.1, 0.15) is 6.29 Å². The molecule has 1 saturated carbocycles. The zero-order valence-corrected chi connectivity index (χ0v) is 17.2. The molecule has 2 aliphatic rings. The molecule has 2 fully saturated rings. The number of carbonyl (C=O) groups excluding carboxylic acids is 3. The van der Waals surface area contributed by atoms with Crippen molar-refractivity contribution in [2.45, 2.75) is 58.5 Å². The van der Waals surface area contributed by atoms with E-state index >= 15 is 0 Å². The number of nitrogens with zero attached hydrogens (tertiary/aromatic N) is 1. The summed E-state index contributed by atoms with van der Waals surface area (Å²) in [5.74, 6) is -1.12. The lowest BCUT2D eigenvalue weighted by atomic mass is 10.1. The van der Waals surface area contributed by atoms with E-state index in [2.05, 4.69) is 5.32 Å². The number of aliphatic hydroxyl groups excluding tert-OH is 1. The van der Waals surface area contributed by atoms with Crippen LogP contribution in [0.5, 0.6) is 0 Å².